The SMILES string of the molecule is C=Cc1c2[nH]c(c1C)C=C1N=C(C(C(=O)OC)c3[nH]c(c(C)c3C(=O)OC)CC3=NC(C2)C(C)=C3CC)[C@@H](CCC(=O)NCCCCCC(=O)NO)[C@@H]1C. The molecule has 0 spiro atoms. The topological polar surface area (TPSA) is 187 Å². The molecule has 2 amide bonds. The summed E-state index contributed by atoms with van der Waals surface area (Å²) in [6.45, 7) is 14.8. The number of carbonyl (C=O) groups is 4. The summed E-state index contributed by atoms with van der Waals surface area (Å²) in [5, 5.41) is 11.6. The molecule has 0 aromatic carbocycles. The van der Waals surface area contributed by atoms with E-state index in [9.17, 15) is 19.2 Å². The smallest absolute Gasteiger partial charge is 0.340 e. The zero-order valence-electron chi connectivity index (χ0n) is 32.5. The lowest BCUT2D eigenvalue weighted by atomic mass is 9.80. The monoisotopic (exact) mass is 742 g/mol. The number of nitrogens with zero attached hydrogens (tertiary/aromatic N) is 2. The molecule has 3 aliphatic rings. The molecule has 4 atom stereocenters. The predicted octanol–water partition coefficient (Wildman–Crippen LogP) is 6.00. The highest BCUT2D eigenvalue weighted by Crippen LogP contribution is 2.43. The van der Waals surface area contributed by atoms with Crippen molar-refractivity contribution in [2.24, 2.45) is 21.8 Å². The molecule has 290 valence electrons. The van der Waals surface area contributed by atoms with Gasteiger partial charge >= 0.3 is 11.9 Å². The molecule has 13 heteroatoms. The molecule has 0 aliphatic carbocycles. The van der Waals surface area contributed by atoms with Gasteiger partial charge in [0.1, 0.15) is 5.92 Å². The number of esters is 2. The maximum atomic E-state index is 14.0. The van der Waals surface area contributed by atoms with Gasteiger partial charge in [-0.3, -0.25) is 29.6 Å². The Bertz CT molecular complexity index is 1940. The van der Waals surface area contributed by atoms with Crippen LogP contribution in [-0.2, 0) is 36.7 Å². The predicted molar refractivity (Wildman–Crippen MR) is 208 cm³/mol. The number of hydroxylamine groups is 1. The van der Waals surface area contributed by atoms with Gasteiger partial charge in [-0.1, -0.05) is 32.9 Å². The number of hydrogen-bond donors (Lipinski definition) is 5. The average Bonchev–Trinajstić information content (AvgIpc) is 3.84. The van der Waals surface area contributed by atoms with Crippen LogP contribution in [0.15, 0.2) is 33.4 Å². The van der Waals surface area contributed by atoms with Gasteiger partial charge < -0.3 is 24.8 Å². The third-order valence-corrected chi connectivity index (χ3v) is 11.4. The van der Waals surface area contributed by atoms with E-state index in [4.69, 9.17) is 24.7 Å². The first-order valence-corrected chi connectivity index (χ1v) is 18.9. The van der Waals surface area contributed by atoms with Crippen molar-refractivity contribution < 1.29 is 33.9 Å². The van der Waals surface area contributed by atoms with Crippen molar-refractivity contribution in [3.05, 3.63) is 68.5 Å². The summed E-state index contributed by atoms with van der Waals surface area (Å²) in [5.74, 6) is -3.35. The van der Waals surface area contributed by atoms with Crippen molar-refractivity contribution in [1.82, 2.24) is 20.8 Å². The minimum absolute atomic E-state index is 0.0731. The van der Waals surface area contributed by atoms with Crippen molar-refractivity contribution in [1.29, 1.82) is 0 Å². The number of methoxy groups -OCH3 is 2. The van der Waals surface area contributed by atoms with Gasteiger partial charge in [0.25, 0.3) is 0 Å². The Morgan fingerprint density at radius 2 is 1.78 bits per heavy atom. The number of fused-ring (bicyclic) bond motifs is 6. The van der Waals surface area contributed by atoms with E-state index in [0.29, 0.717) is 55.6 Å². The average molecular weight is 743 g/mol. The van der Waals surface area contributed by atoms with Crippen LogP contribution in [-0.4, -0.2) is 77.2 Å². The largest absolute Gasteiger partial charge is 0.468 e. The Kier molecular flexibility index (Phi) is 12.9. The quantitative estimate of drug-likeness (QED) is 0.0720. The van der Waals surface area contributed by atoms with Crippen molar-refractivity contribution in [2.75, 3.05) is 20.8 Å². The van der Waals surface area contributed by atoms with Gasteiger partial charge in [0, 0.05) is 78.3 Å². The molecule has 2 aromatic heterocycles. The fraction of sp³-hybridized carbons (Fsp3) is 0.512. The van der Waals surface area contributed by atoms with Crippen LogP contribution in [0.4, 0.5) is 0 Å². The second-order valence-corrected chi connectivity index (χ2v) is 14.4. The minimum atomic E-state index is -1.08. The number of ether oxygens (including phenoxy) is 2. The second-order valence-electron chi connectivity index (χ2n) is 14.4. The number of aromatic amines is 2. The highest BCUT2D eigenvalue weighted by molar-refractivity contribution is 6.12. The second kappa shape index (κ2) is 17.4. The number of carbonyl (C=O) groups excluding carboxylic acids is 4. The number of aromatic nitrogens is 2. The number of amides is 2. The van der Waals surface area contributed by atoms with Gasteiger partial charge in [0.2, 0.25) is 11.8 Å². The van der Waals surface area contributed by atoms with Crippen LogP contribution in [0.5, 0.6) is 0 Å². The minimum Gasteiger partial charge on any atom is -0.468 e. The summed E-state index contributed by atoms with van der Waals surface area (Å²) < 4.78 is 10.7. The lowest BCUT2D eigenvalue weighted by Crippen LogP contribution is -2.32. The number of nitrogens with one attached hydrogen (secondary N) is 4. The maximum Gasteiger partial charge on any atom is 0.340 e. The third-order valence-electron chi connectivity index (χ3n) is 11.4. The van der Waals surface area contributed by atoms with Crippen molar-refractivity contribution in [3.8, 4) is 0 Å². The first-order chi connectivity index (χ1) is 25.9. The van der Waals surface area contributed by atoms with Crippen LogP contribution in [0.2, 0.25) is 0 Å². The normalized spacial score (nSPS) is 20.6. The number of rotatable bonds is 13. The Hall–Kier alpha value is -5.04. The molecule has 5 rings (SSSR count). The number of unbranched alkanes of at least 4 members (excludes halogenated alkanes) is 2. The molecular weight excluding hydrogens is 688 g/mol. The summed E-state index contributed by atoms with van der Waals surface area (Å²) >= 11 is 0. The lowest BCUT2D eigenvalue weighted by Gasteiger charge is -2.23. The van der Waals surface area contributed by atoms with E-state index >= 15 is 0 Å². The summed E-state index contributed by atoms with van der Waals surface area (Å²) in [6, 6.07) is -0.0731. The van der Waals surface area contributed by atoms with Gasteiger partial charge in [-0.05, 0) is 80.4 Å². The first kappa shape index (κ1) is 40.2. The van der Waals surface area contributed by atoms with Crippen molar-refractivity contribution in [2.45, 2.75) is 104 Å². The van der Waals surface area contributed by atoms with Crippen LogP contribution in [0.1, 0.15) is 121 Å². The zero-order chi connectivity index (χ0) is 39.3. The molecule has 3 aliphatic heterocycles. The van der Waals surface area contributed by atoms with E-state index in [0.717, 1.165) is 52.5 Å². The summed E-state index contributed by atoms with van der Waals surface area (Å²) in [6.07, 6.45) is 8.57. The van der Waals surface area contributed by atoms with Crippen LogP contribution >= 0.6 is 0 Å². The van der Waals surface area contributed by atoms with Gasteiger partial charge in [0.15, 0.2) is 0 Å². The van der Waals surface area contributed by atoms with Gasteiger partial charge in [-0.2, -0.15) is 0 Å². The maximum absolute atomic E-state index is 14.0. The van der Waals surface area contributed by atoms with Crippen molar-refractivity contribution in [3.63, 3.8) is 0 Å². The van der Waals surface area contributed by atoms with Crippen molar-refractivity contribution >= 4 is 47.3 Å². The van der Waals surface area contributed by atoms with Crippen LogP contribution in [0.25, 0.3) is 12.2 Å². The molecule has 5 heterocycles. The molecule has 8 bridgehead atoms. The molecular formula is C41H54N6O7. The van der Waals surface area contributed by atoms with E-state index in [1.807, 2.05) is 26.0 Å². The Morgan fingerprint density at radius 3 is 2.44 bits per heavy atom. The Morgan fingerprint density at radius 1 is 1.02 bits per heavy atom. The van der Waals surface area contributed by atoms with E-state index in [1.54, 1.807) is 5.48 Å². The standard InChI is InChI=1S/C41H54N6O7/c1-9-25-21(3)28-18-30-23(5)27(15-16-34(48)42-17-13-11-12-14-35(49)47-52)38(45-30)37(41(51)54-8)39-36(40(50)53-7)24(6)31(46-39)20-33-26(10-2)22(4)29(44-33)19-32(25)43-28/h9,18,23,27,29,37,43,46,52H,1,10-17,19-20H2,2-8H3,(H,42,48)(H,47,49)/t23-,27-,29?,37?/m0/s1. The molecule has 2 aromatic rings. The molecule has 54 heavy (non-hydrogen) atoms. The number of H-pyrrole nitrogens is 2. The van der Waals surface area contributed by atoms with E-state index in [-0.39, 0.29) is 42.2 Å². The molecule has 0 fully saturated rings. The van der Waals surface area contributed by atoms with Gasteiger partial charge in [-0.15, -0.1) is 0 Å². The Labute approximate surface area is 316 Å². The van der Waals surface area contributed by atoms with Gasteiger partial charge in [-0.25, -0.2) is 10.3 Å². The third kappa shape index (κ3) is 8.06. The zero-order valence-corrected chi connectivity index (χ0v) is 32.5. The number of allylic oxidation sites excluding steroid dienone is 2. The van der Waals surface area contributed by atoms with E-state index < -0.39 is 23.8 Å². The summed E-state index contributed by atoms with van der Waals surface area (Å²) in [5.41, 5.74) is 12.2. The van der Waals surface area contributed by atoms with Crippen LogP contribution in [0.3, 0.4) is 0 Å². The molecule has 0 saturated heterocycles. The number of hydrogen-bond acceptors (Lipinski definition) is 9. The first-order valence-electron chi connectivity index (χ1n) is 18.9. The van der Waals surface area contributed by atoms with Crippen LogP contribution < -0.4 is 10.8 Å². The molecule has 13 nitrogen and oxygen atoms in total. The number of aliphatic imine (C=N–C) groups is 2. The Balaban J connectivity index is 1.59. The summed E-state index contributed by atoms with van der Waals surface area (Å²) in [7, 11) is 2.64. The molecule has 0 saturated carbocycles. The van der Waals surface area contributed by atoms with E-state index in [1.165, 1.54) is 25.4 Å². The fourth-order valence-electron chi connectivity index (χ4n) is 8.23. The highest BCUT2D eigenvalue weighted by atomic mass is 16.5. The highest BCUT2D eigenvalue weighted by Gasteiger charge is 2.44. The molecule has 2 unspecified atom stereocenters. The lowest BCUT2D eigenvalue weighted by molar-refractivity contribution is -0.140. The van der Waals surface area contributed by atoms with Gasteiger partial charge in [0.05, 0.1) is 31.5 Å². The molecule has 5 N–H and O–H groups in total. The van der Waals surface area contributed by atoms with E-state index in [2.05, 4.69) is 42.6 Å². The fourth-order valence-corrected chi connectivity index (χ4v) is 8.23. The summed E-state index contributed by atoms with van der Waals surface area (Å²) in [4.78, 5) is 69.5. The molecule has 0 radical (unpaired) electrons. The van der Waals surface area contributed by atoms with Crippen LogP contribution in [0, 0.1) is 25.7 Å².